The van der Waals surface area contributed by atoms with Crippen LogP contribution in [0, 0.1) is 0 Å². The SMILES string of the molecule is CCCCCCCCCCCCC/C=C/C(O)C(CO)NC(=O)CCCCCCCCCCCC/C=C\C=C/CCCCCOC(=O)CCCCCCCCCCCCCCCCCC. The second kappa shape index (κ2) is 54.7. The van der Waals surface area contributed by atoms with Crippen LogP contribution in [0.15, 0.2) is 36.5 Å². The van der Waals surface area contributed by atoms with Gasteiger partial charge in [-0.3, -0.25) is 9.59 Å². The van der Waals surface area contributed by atoms with Gasteiger partial charge < -0.3 is 20.3 Å². The number of nitrogens with one attached hydrogen (secondary N) is 1. The summed E-state index contributed by atoms with van der Waals surface area (Å²) in [5, 5.41) is 23.0. The predicted molar refractivity (Wildman–Crippen MR) is 283 cm³/mol. The molecule has 0 aromatic heterocycles. The summed E-state index contributed by atoms with van der Waals surface area (Å²) in [6, 6.07) is -0.635. The average molecular weight is 915 g/mol. The van der Waals surface area contributed by atoms with E-state index in [-0.39, 0.29) is 18.5 Å². The Bertz CT molecular complexity index is 1060. The van der Waals surface area contributed by atoms with Crippen molar-refractivity contribution in [2.75, 3.05) is 13.2 Å². The molecule has 0 aliphatic heterocycles. The van der Waals surface area contributed by atoms with E-state index in [9.17, 15) is 19.8 Å². The number of allylic oxidation sites excluding steroid dienone is 5. The summed E-state index contributed by atoms with van der Waals surface area (Å²) in [5.41, 5.74) is 0. The van der Waals surface area contributed by atoms with Gasteiger partial charge in [0, 0.05) is 12.8 Å². The zero-order valence-electron chi connectivity index (χ0n) is 43.5. The molecule has 1 amide bonds. The van der Waals surface area contributed by atoms with Crippen LogP contribution < -0.4 is 5.32 Å². The van der Waals surface area contributed by atoms with Crippen molar-refractivity contribution in [2.24, 2.45) is 0 Å². The van der Waals surface area contributed by atoms with Gasteiger partial charge >= 0.3 is 5.97 Å². The second-order valence-corrected chi connectivity index (χ2v) is 19.7. The van der Waals surface area contributed by atoms with Crippen molar-refractivity contribution in [3.63, 3.8) is 0 Å². The fourth-order valence-corrected chi connectivity index (χ4v) is 8.74. The number of rotatable bonds is 53. The molecule has 0 heterocycles. The molecule has 0 saturated carbocycles. The number of hydrogen-bond acceptors (Lipinski definition) is 5. The molecule has 0 radical (unpaired) electrons. The Kier molecular flexibility index (Phi) is 53.1. The zero-order valence-corrected chi connectivity index (χ0v) is 43.5. The lowest BCUT2D eigenvalue weighted by molar-refractivity contribution is -0.143. The first-order chi connectivity index (χ1) is 32.0. The summed E-state index contributed by atoms with van der Waals surface area (Å²) in [7, 11) is 0. The third kappa shape index (κ3) is 51.3. The molecule has 3 N–H and O–H groups in total. The van der Waals surface area contributed by atoms with Crippen LogP contribution in [0.5, 0.6) is 0 Å². The first-order valence-corrected chi connectivity index (χ1v) is 28.8. The highest BCUT2D eigenvalue weighted by atomic mass is 16.5. The van der Waals surface area contributed by atoms with Crippen LogP contribution in [-0.2, 0) is 14.3 Å². The highest BCUT2D eigenvalue weighted by molar-refractivity contribution is 5.76. The monoisotopic (exact) mass is 914 g/mol. The van der Waals surface area contributed by atoms with Crippen molar-refractivity contribution in [1.29, 1.82) is 0 Å². The Morgan fingerprint density at radius 1 is 0.431 bits per heavy atom. The summed E-state index contributed by atoms with van der Waals surface area (Å²) >= 11 is 0. The van der Waals surface area contributed by atoms with E-state index >= 15 is 0 Å². The van der Waals surface area contributed by atoms with Gasteiger partial charge in [-0.15, -0.1) is 0 Å². The first-order valence-electron chi connectivity index (χ1n) is 28.8. The largest absolute Gasteiger partial charge is 0.466 e. The van der Waals surface area contributed by atoms with Crippen LogP contribution >= 0.6 is 0 Å². The fraction of sp³-hybridized carbons (Fsp3) is 0.864. The van der Waals surface area contributed by atoms with Crippen LogP contribution in [0.4, 0.5) is 0 Å². The molecule has 0 spiro atoms. The van der Waals surface area contributed by atoms with Crippen LogP contribution in [0.1, 0.15) is 303 Å². The van der Waals surface area contributed by atoms with E-state index in [4.69, 9.17) is 4.74 Å². The van der Waals surface area contributed by atoms with E-state index in [1.807, 2.05) is 6.08 Å². The van der Waals surface area contributed by atoms with Crippen molar-refractivity contribution < 1.29 is 24.5 Å². The van der Waals surface area contributed by atoms with E-state index in [2.05, 4.69) is 43.5 Å². The van der Waals surface area contributed by atoms with Crippen LogP contribution in [-0.4, -0.2) is 47.4 Å². The van der Waals surface area contributed by atoms with Gasteiger partial charge in [-0.25, -0.2) is 0 Å². The van der Waals surface area contributed by atoms with Crippen molar-refractivity contribution in [3.05, 3.63) is 36.5 Å². The number of esters is 1. The average Bonchev–Trinajstić information content (AvgIpc) is 3.31. The molecule has 0 aromatic carbocycles. The molecule has 2 atom stereocenters. The number of unbranched alkanes of at least 4 members (excludes halogenated alkanes) is 39. The third-order valence-corrected chi connectivity index (χ3v) is 13.2. The van der Waals surface area contributed by atoms with Crippen molar-refractivity contribution in [2.45, 2.75) is 315 Å². The summed E-state index contributed by atoms with van der Waals surface area (Å²) in [6.07, 6.45) is 67.4. The molecule has 0 aliphatic rings. The van der Waals surface area contributed by atoms with E-state index in [1.165, 1.54) is 199 Å². The van der Waals surface area contributed by atoms with E-state index in [0.29, 0.717) is 19.4 Å². The van der Waals surface area contributed by atoms with E-state index in [1.54, 1.807) is 6.08 Å². The number of carbonyl (C=O) groups is 2. The molecule has 0 rings (SSSR count). The minimum Gasteiger partial charge on any atom is -0.466 e. The van der Waals surface area contributed by atoms with Gasteiger partial charge in [0.2, 0.25) is 5.91 Å². The van der Waals surface area contributed by atoms with Crippen molar-refractivity contribution in [1.82, 2.24) is 5.32 Å². The lowest BCUT2D eigenvalue weighted by atomic mass is 10.0. The Balaban J connectivity index is 3.48. The topological polar surface area (TPSA) is 95.9 Å². The van der Waals surface area contributed by atoms with Crippen LogP contribution in [0.2, 0.25) is 0 Å². The smallest absolute Gasteiger partial charge is 0.305 e. The molecule has 2 unspecified atom stereocenters. The van der Waals surface area contributed by atoms with Crippen LogP contribution in [0.25, 0.3) is 0 Å². The van der Waals surface area contributed by atoms with Gasteiger partial charge in [-0.2, -0.15) is 0 Å². The fourth-order valence-electron chi connectivity index (χ4n) is 8.74. The lowest BCUT2D eigenvalue weighted by Crippen LogP contribution is -2.45. The Labute approximate surface area is 404 Å². The summed E-state index contributed by atoms with van der Waals surface area (Å²) < 4.78 is 5.46. The second-order valence-electron chi connectivity index (χ2n) is 19.7. The lowest BCUT2D eigenvalue weighted by Gasteiger charge is -2.20. The predicted octanol–water partition coefficient (Wildman–Crippen LogP) is 17.6. The molecule has 0 fully saturated rings. The molecular weight excluding hydrogens is 803 g/mol. The number of carbonyl (C=O) groups excluding carboxylic acids is 2. The number of aliphatic hydroxyl groups is 2. The Hall–Kier alpha value is -1.92. The highest BCUT2D eigenvalue weighted by Gasteiger charge is 2.18. The van der Waals surface area contributed by atoms with Gasteiger partial charge in [0.05, 0.1) is 25.4 Å². The maximum absolute atomic E-state index is 12.4. The van der Waals surface area contributed by atoms with Crippen molar-refractivity contribution >= 4 is 11.9 Å². The summed E-state index contributed by atoms with van der Waals surface area (Å²) in [4.78, 5) is 24.5. The third-order valence-electron chi connectivity index (χ3n) is 13.2. The van der Waals surface area contributed by atoms with Crippen LogP contribution in [0.3, 0.4) is 0 Å². The number of aliphatic hydroxyl groups excluding tert-OH is 2. The normalized spacial score (nSPS) is 12.9. The number of amides is 1. The minimum atomic E-state index is -0.850. The van der Waals surface area contributed by atoms with Gasteiger partial charge in [0.1, 0.15) is 0 Å². The van der Waals surface area contributed by atoms with Gasteiger partial charge in [0.15, 0.2) is 0 Å². The standard InChI is InChI=1S/C59H111NO5/c1-3-5-7-9-11-13-15-17-18-25-29-33-37-41-45-49-53-59(64)65-54-50-46-42-38-34-30-26-23-21-19-20-22-24-28-32-36-40-44-48-52-58(63)60-56(55-61)57(62)51-47-43-39-35-31-27-16-14-12-10-8-6-4-2/h23,26,30,34,47,51,56-57,61-62H,3-22,24-25,27-29,31-33,35-46,48-50,52-55H2,1-2H3,(H,60,63)/b26-23-,34-30-,51-47+. The molecule has 0 bridgehead atoms. The molecule has 65 heavy (non-hydrogen) atoms. The highest BCUT2D eigenvalue weighted by Crippen LogP contribution is 2.16. The Morgan fingerprint density at radius 2 is 0.754 bits per heavy atom. The molecular formula is C59H111NO5. The van der Waals surface area contributed by atoms with Gasteiger partial charge in [0.25, 0.3) is 0 Å². The molecule has 0 aromatic rings. The molecule has 6 nitrogen and oxygen atoms in total. The maximum atomic E-state index is 12.4. The quantitative estimate of drug-likeness (QED) is 0.0244. The molecule has 382 valence electrons. The molecule has 0 aliphatic carbocycles. The summed E-state index contributed by atoms with van der Waals surface area (Å²) in [5.74, 6) is -0.0890. The molecule has 0 saturated heterocycles. The number of ether oxygens (including phenoxy) is 1. The summed E-state index contributed by atoms with van der Waals surface area (Å²) in [6.45, 7) is 4.87. The van der Waals surface area contributed by atoms with Gasteiger partial charge in [-0.05, 0) is 64.2 Å². The first kappa shape index (κ1) is 63.1. The Morgan fingerprint density at radius 3 is 1.14 bits per heavy atom. The number of hydrogen-bond donors (Lipinski definition) is 3. The molecule has 6 heteroatoms. The maximum Gasteiger partial charge on any atom is 0.305 e. The van der Waals surface area contributed by atoms with Crippen molar-refractivity contribution in [3.8, 4) is 0 Å². The minimum absolute atomic E-state index is 0.0109. The zero-order chi connectivity index (χ0) is 47.2. The van der Waals surface area contributed by atoms with E-state index < -0.39 is 12.1 Å². The van der Waals surface area contributed by atoms with Gasteiger partial charge in [-0.1, -0.05) is 262 Å². The van der Waals surface area contributed by atoms with E-state index in [0.717, 1.165) is 77.0 Å².